The van der Waals surface area contributed by atoms with Gasteiger partial charge in [-0.3, -0.25) is 9.59 Å². The SMILES string of the molecule is CC(C)[C@H]1c2nc(-c3ccccc3)nn2CCN1C(=O)c1cc(F)cc(C#N)c1.O=CO. The van der Waals surface area contributed by atoms with Gasteiger partial charge in [0.1, 0.15) is 5.82 Å². The molecule has 0 aliphatic carbocycles. The van der Waals surface area contributed by atoms with Crippen molar-refractivity contribution >= 4 is 12.4 Å². The van der Waals surface area contributed by atoms with Gasteiger partial charge in [-0.2, -0.15) is 10.4 Å². The van der Waals surface area contributed by atoms with Crippen molar-refractivity contribution in [3.8, 4) is 17.5 Å². The largest absolute Gasteiger partial charge is 0.483 e. The van der Waals surface area contributed by atoms with Crippen LogP contribution in [-0.2, 0) is 11.3 Å². The number of hydrogen-bond donors (Lipinski definition) is 1. The van der Waals surface area contributed by atoms with E-state index in [0.29, 0.717) is 18.9 Å². The van der Waals surface area contributed by atoms with E-state index < -0.39 is 5.82 Å². The minimum absolute atomic E-state index is 0.0785. The second-order valence-corrected chi connectivity index (χ2v) is 7.52. The number of carbonyl (C=O) groups excluding carboxylic acids is 1. The summed E-state index contributed by atoms with van der Waals surface area (Å²) in [4.78, 5) is 28.0. The van der Waals surface area contributed by atoms with Crippen LogP contribution in [0.4, 0.5) is 4.39 Å². The number of aromatic nitrogens is 3. The first kappa shape index (κ1) is 22.6. The molecule has 0 unspecified atom stereocenters. The van der Waals surface area contributed by atoms with Crippen LogP contribution in [-0.4, -0.2) is 43.7 Å². The van der Waals surface area contributed by atoms with Crippen LogP contribution in [0.25, 0.3) is 11.4 Å². The average molecular weight is 435 g/mol. The van der Waals surface area contributed by atoms with Gasteiger partial charge in [0.2, 0.25) is 0 Å². The number of hydrogen-bond acceptors (Lipinski definition) is 5. The molecular formula is C23H22FN5O3. The second kappa shape index (κ2) is 9.83. The van der Waals surface area contributed by atoms with E-state index in [9.17, 15) is 9.18 Å². The van der Waals surface area contributed by atoms with E-state index in [1.165, 1.54) is 12.1 Å². The van der Waals surface area contributed by atoms with Gasteiger partial charge in [-0.15, -0.1) is 0 Å². The molecule has 1 aromatic heterocycles. The summed E-state index contributed by atoms with van der Waals surface area (Å²) in [7, 11) is 0. The fraction of sp³-hybridized carbons (Fsp3) is 0.261. The lowest BCUT2D eigenvalue weighted by molar-refractivity contribution is -0.122. The molecule has 0 radical (unpaired) electrons. The normalized spacial score (nSPS) is 14.7. The summed E-state index contributed by atoms with van der Waals surface area (Å²) >= 11 is 0. The third-order valence-electron chi connectivity index (χ3n) is 5.05. The van der Waals surface area contributed by atoms with Crippen LogP contribution in [0.3, 0.4) is 0 Å². The molecule has 1 aliphatic heterocycles. The van der Waals surface area contributed by atoms with Crippen molar-refractivity contribution in [2.24, 2.45) is 5.92 Å². The first-order chi connectivity index (χ1) is 15.4. The van der Waals surface area contributed by atoms with Gasteiger partial charge in [0.25, 0.3) is 12.4 Å². The molecular weight excluding hydrogens is 413 g/mol. The number of amides is 1. The third-order valence-corrected chi connectivity index (χ3v) is 5.05. The third kappa shape index (κ3) is 4.64. The van der Waals surface area contributed by atoms with Gasteiger partial charge in [-0.05, 0) is 24.1 Å². The summed E-state index contributed by atoms with van der Waals surface area (Å²) in [5, 5.41) is 20.6. The Labute approximate surface area is 184 Å². The van der Waals surface area contributed by atoms with Crippen LogP contribution in [0.5, 0.6) is 0 Å². The number of rotatable bonds is 3. The molecule has 0 saturated carbocycles. The van der Waals surface area contributed by atoms with E-state index in [-0.39, 0.29) is 35.5 Å². The Bertz CT molecular complexity index is 1150. The maximum Gasteiger partial charge on any atom is 0.290 e. The summed E-state index contributed by atoms with van der Waals surface area (Å²) in [5.74, 6) is 0.513. The number of halogens is 1. The zero-order valence-electron chi connectivity index (χ0n) is 17.6. The van der Waals surface area contributed by atoms with E-state index in [4.69, 9.17) is 20.1 Å². The van der Waals surface area contributed by atoms with Crippen LogP contribution < -0.4 is 0 Å². The van der Waals surface area contributed by atoms with Gasteiger partial charge in [-0.1, -0.05) is 44.2 Å². The van der Waals surface area contributed by atoms with Gasteiger partial charge in [-0.25, -0.2) is 14.1 Å². The Balaban J connectivity index is 0.000000913. The van der Waals surface area contributed by atoms with E-state index in [1.807, 2.05) is 54.9 Å². The van der Waals surface area contributed by atoms with Gasteiger partial charge >= 0.3 is 0 Å². The molecule has 0 bridgehead atoms. The molecule has 1 N–H and O–H groups in total. The van der Waals surface area contributed by atoms with Gasteiger partial charge < -0.3 is 10.0 Å². The molecule has 8 nitrogen and oxygen atoms in total. The molecule has 1 atom stereocenters. The highest BCUT2D eigenvalue weighted by molar-refractivity contribution is 5.95. The minimum Gasteiger partial charge on any atom is -0.483 e. The summed E-state index contributed by atoms with van der Waals surface area (Å²) in [6, 6.07) is 15.0. The van der Waals surface area contributed by atoms with Gasteiger partial charge in [0, 0.05) is 17.7 Å². The lowest BCUT2D eigenvalue weighted by atomic mass is 9.98. The first-order valence-corrected chi connectivity index (χ1v) is 9.99. The topological polar surface area (TPSA) is 112 Å². The van der Waals surface area contributed by atoms with Crippen LogP contribution in [0.1, 0.15) is 41.6 Å². The van der Waals surface area contributed by atoms with Crippen molar-refractivity contribution in [1.82, 2.24) is 19.7 Å². The summed E-state index contributed by atoms with van der Waals surface area (Å²) in [6.45, 7) is 4.72. The van der Waals surface area contributed by atoms with Crippen LogP contribution >= 0.6 is 0 Å². The van der Waals surface area contributed by atoms with Crippen molar-refractivity contribution in [2.45, 2.75) is 26.4 Å². The Morgan fingerprint density at radius 2 is 1.94 bits per heavy atom. The molecule has 2 aromatic carbocycles. The number of fused-ring (bicyclic) bond motifs is 1. The predicted octanol–water partition coefficient (Wildman–Crippen LogP) is 3.51. The molecule has 0 fully saturated rings. The molecule has 32 heavy (non-hydrogen) atoms. The molecule has 0 saturated heterocycles. The van der Waals surface area contributed by atoms with Gasteiger partial charge in [0.15, 0.2) is 11.6 Å². The minimum atomic E-state index is -0.597. The average Bonchev–Trinajstić information content (AvgIpc) is 3.22. The fourth-order valence-corrected chi connectivity index (χ4v) is 3.76. The Hall–Kier alpha value is -4.06. The van der Waals surface area contributed by atoms with Crippen molar-refractivity contribution < 1.29 is 19.1 Å². The summed E-state index contributed by atoms with van der Waals surface area (Å²) in [6.07, 6.45) is 0. The number of nitriles is 1. The molecule has 1 aliphatic rings. The molecule has 3 aromatic rings. The quantitative estimate of drug-likeness (QED) is 0.630. The molecule has 0 spiro atoms. The zero-order valence-corrected chi connectivity index (χ0v) is 17.6. The highest BCUT2D eigenvalue weighted by Gasteiger charge is 2.36. The maximum atomic E-state index is 13.9. The van der Waals surface area contributed by atoms with Crippen LogP contribution in [0.2, 0.25) is 0 Å². The highest BCUT2D eigenvalue weighted by Crippen LogP contribution is 2.33. The molecule has 2 heterocycles. The van der Waals surface area contributed by atoms with Crippen molar-refractivity contribution in [2.75, 3.05) is 6.54 Å². The lowest BCUT2D eigenvalue weighted by Crippen LogP contribution is -2.44. The Morgan fingerprint density at radius 1 is 1.25 bits per heavy atom. The highest BCUT2D eigenvalue weighted by atomic mass is 19.1. The Kier molecular flexibility index (Phi) is 6.95. The smallest absolute Gasteiger partial charge is 0.290 e. The zero-order chi connectivity index (χ0) is 23.3. The van der Waals surface area contributed by atoms with Crippen molar-refractivity contribution in [3.05, 3.63) is 71.3 Å². The number of carbonyl (C=O) groups is 2. The summed E-state index contributed by atoms with van der Waals surface area (Å²) < 4.78 is 15.7. The molecule has 164 valence electrons. The molecule has 4 rings (SSSR count). The number of nitrogens with zero attached hydrogens (tertiary/aromatic N) is 5. The molecule has 9 heteroatoms. The monoisotopic (exact) mass is 435 g/mol. The van der Waals surface area contributed by atoms with Gasteiger partial charge in [0.05, 0.1) is 24.2 Å². The number of carboxylic acid groups (broad SMARTS) is 1. The standard InChI is InChI=1S/C22H20FN5O.CH2O2/c1-14(2)19-21-25-20(16-6-4-3-5-7-16)26-28(21)9-8-27(19)22(29)17-10-15(13-24)11-18(23)12-17;2-1-3/h3-7,10-12,14,19H,8-9H2,1-2H3;1H,(H,2,3)/t19-;/m0./s1. The van der Waals surface area contributed by atoms with E-state index in [1.54, 1.807) is 4.90 Å². The van der Waals surface area contributed by atoms with Crippen LogP contribution in [0.15, 0.2) is 48.5 Å². The van der Waals surface area contributed by atoms with Crippen molar-refractivity contribution in [3.63, 3.8) is 0 Å². The second-order valence-electron chi connectivity index (χ2n) is 7.52. The van der Waals surface area contributed by atoms with Crippen LogP contribution in [0, 0.1) is 23.1 Å². The summed E-state index contributed by atoms with van der Waals surface area (Å²) in [5.41, 5.74) is 1.21. The molecule has 1 amide bonds. The number of benzene rings is 2. The van der Waals surface area contributed by atoms with E-state index in [0.717, 1.165) is 17.5 Å². The van der Waals surface area contributed by atoms with E-state index >= 15 is 0 Å². The fourth-order valence-electron chi connectivity index (χ4n) is 3.76. The van der Waals surface area contributed by atoms with Crippen molar-refractivity contribution in [1.29, 1.82) is 5.26 Å². The maximum absolute atomic E-state index is 13.9. The first-order valence-electron chi connectivity index (χ1n) is 9.99. The lowest BCUT2D eigenvalue weighted by Gasteiger charge is -2.37. The Morgan fingerprint density at radius 3 is 2.56 bits per heavy atom. The predicted molar refractivity (Wildman–Crippen MR) is 114 cm³/mol. The van der Waals surface area contributed by atoms with E-state index in [2.05, 4.69) is 5.10 Å².